The van der Waals surface area contributed by atoms with E-state index in [0.29, 0.717) is 0 Å². The second kappa shape index (κ2) is 5.76. The summed E-state index contributed by atoms with van der Waals surface area (Å²) in [5, 5.41) is 3.52. The fraction of sp³-hybridized carbons (Fsp3) is 0.588. The Kier molecular flexibility index (Phi) is 3.98. The quantitative estimate of drug-likeness (QED) is 0.931. The maximum absolute atomic E-state index is 13.5. The van der Waals surface area contributed by atoms with Crippen LogP contribution >= 0.6 is 0 Å². The summed E-state index contributed by atoms with van der Waals surface area (Å²) in [4.78, 5) is 4.84. The lowest BCUT2D eigenvalue weighted by Crippen LogP contribution is -2.44. The Morgan fingerprint density at radius 3 is 2.90 bits per heavy atom. The predicted molar refractivity (Wildman–Crippen MR) is 84.1 cm³/mol. The molecule has 1 aromatic carbocycles. The second-order valence-corrected chi connectivity index (χ2v) is 6.13. The molecule has 0 radical (unpaired) electrons. The van der Waals surface area contributed by atoms with Gasteiger partial charge in [0.15, 0.2) is 0 Å². The topological polar surface area (TPSA) is 29.9 Å². The van der Waals surface area contributed by atoms with Gasteiger partial charge >= 0.3 is 0 Å². The Morgan fingerprint density at radius 1 is 1.38 bits per heavy atom. The SMILES string of the molecule is CCCn1c(C2(CC)CCCNC2)nc2cc(F)ccc21. The van der Waals surface area contributed by atoms with Crippen LogP contribution in [0.1, 0.15) is 45.4 Å². The Morgan fingerprint density at radius 2 is 2.24 bits per heavy atom. The van der Waals surface area contributed by atoms with Crippen molar-refractivity contribution in [2.45, 2.75) is 51.5 Å². The third-order valence-electron chi connectivity index (χ3n) is 4.78. The molecule has 3 rings (SSSR count). The summed E-state index contributed by atoms with van der Waals surface area (Å²) >= 11 is 0. The molecule has 0 saturated carbocycles. The summed E-state index contributed by atoms with van der Waals surface area (Å²) in [5.74, 6) is 0.933. The Hall–Kier alpha value is -1.42. The molecular formula is C17H24FN3. The summed E-state index contributed by atoms with van der Waals surface area (Å²) < 4.78 is 15.8. The first kappa shape index (κ1) is 14.5. The number of fused-ring (bicyclic) bond motifs is 1. The van der Waals surface area contributed by atoms with Crippen LogP contribution in [0.15, 0.2) is 18.2 Å². The molecule has 4 heteroatoms. The molecule has 0 bridgehead atoms. The van der Waals surface area contributed by atoms with E-state index in [1.54, 1.807) is 6.07 Å². The Bertz CT molecular complexity index is 626. The minimum Gasteiger partial charge on any atom is -0.327 e. The van der Waals surface area contributed by atoms with Gasteiger partial charge in [0.1, 0.15) is 11.6 Å². The number of imidazole rings is 1. The number of benzene rings is 1. The highest BCUT2D eigenvalue weighted by Gasteiger charge is 2.36. The molecule has 2 heterocycles. The molecule has 1 fully saturated rings. The zero-order valence-electron chi connectivity index (χ0n) is 13.0. The smallest absolute Gasteiger partial charge is 0.125 e. The van der Waals surface area contributed by atoms with Crippen LogP contribution in [-0.2, 0) is 12.0 Å². The molecule has 0 aliphatic carbocycles. The molecule has 0 spiro atoms. The minimum atomic E-state index is -0.206. The molecule has 0 amide bonds. The number of hydrogen-bond acceptors (Lipinski definition) is 2. The van der Waals surface area contributed by atoms with Crippen LogP contribution in [0.2, 0.25) is 0 Å². The lowest BCUT2D eigenvalue weighted by molar-refractivity contribution is 0.279. The monoisotopic (exact) mass is 289 g/mol. The molecule has 1 aliphatic heterocycles. The van der Waals surface area contributed by atoms with Crippen LogP contribution in [0.5, 0.6) is 0 Å². The van der Waals surface area contributed by atoms with E-state index in [0.717, 1.165) is 55.8 Å². The van der Waals surface area contributed by atoms with E-state index in [1.165, 1.54) is 12.5 Å². The predicted octanol–water partition coefficient (Wildman–Crippen LogP) is 3.62. The van der Waals surface area contributed by atoms with Crippen molar-refractivity contribution in [3.05, 3.63) is 29.8 Å². The third-order valence-corrected chi connectivity index (χ3v) is 4.78. The maximum Gasteiger partial charge on any atom is 0.125 e. The summed E-state index contributed by atoms with van der Waals surface area (Å²) in [5.41, 5.74) is 1.94. The highest BCUT2D eigenvalue weighted by molar-refractivity contribution is 5.76. The van der Waals surface area contributed by atoms with Gasteiger partial charge in [0.05, 0.1) is 11.0 Å². The zero-order chi connectivity index (χ0) is 14.9. The molecule has 1 aliphatic rings. The van der Waals surface area contributed by atoms with Crippen LogP contribution < -0.4 is 5.32 Å². The highest BCUT2D eigenvalue weighted by Crippen LogP contribution is 2.36. The molecule has 21 heavy (non-hydrogen) atoms. The Balaban J connectivity index is 2.17. The number of rotatable bonds is 4. The van der Waals surface area contributed by atoms with Crippen molar-refractivity contribution in [2.24, 2.45) is 0 Å². The summed E-state index contributed by atoms with van der Waals surface area (Å²) in [6.07, 6.45) is 4.46. The molecular weight excluding hydrogens is 265 g/mol. The van der Waals surface area contributed by atoms with E-state index in [9.17, 15) is 4.39 Å². The summed E-state index contributed by atoms with van der Waals surface area (Å²) in [6, 6.07) is 4.97. The van der Waals surface area contributed by atoms with Gasteiger partial charge in [-0.1, -0.05) is 13.8 Å². The van der Waals surface area contributed by atoms with Crippen molar-refractivity contribution < 1.29 is 4.39 Å². The van der Waals surface area contributed by atoms with Gasteiger partial charge in [-0.05, 0) is 44.4 Å². The zero-order valence-corrected chi connectivity index (χ0v) is 13.0. The van der Waals surface area contributed by atoms with Gasteiger partial charge in [-0.15, -0.1) is 0 Å². The normalized spacial score (nSPS) is 22.8. The van der Waals surface area contributed by atoms with Gasteiger partial charge in [0.2, 0.25) is 0 Å². The summed E-state index contributed by atoms with van der Waals surface area (Å²) in [7, 11) is 0. The maximum atomic E-state index is 13.5. The van der Waals surface area contributed by atoms with E-state index in [-0.39, 0.29) is 11.2 Å². The van der Waals surface area contributed by atoms with Gasteiger partial charge in [-0.3, -0.25) is 0 Å². The number of aromatic nitrogens is 2. The van der Waals surface area contributed by atoms with Gasteiger partial charge in [0, 0.05) is 24.6 Å². The van der Waals surface area contributed by atoms with Crippen LogP contribution in [-0.4, -0.2) is 22.6 Å². The van der Waals surface area contributed by atoms with E-state index >= 15 is 0 Å². The number of piperidine rings is 1. The fourth-order valence-electron chi connectivity index (χ4n) is 3.58. The van der Waals surface area contributed by atoms with Crippen LogP contribution in [0.3, 0.4) is 0 Å². The third kappa shape index (κ3) is 2.46. The average molecular weight is 289 g/mol. The van der Waals surface area contributed by atoms with Crippen molar-refractivity contribution in [3.63, 3.8) is 0 Å². The van der Waals surface area contributed by atoms with E-state index in [1.807, 2.05) is 6.07 Å². The highest BCUT2D eigenvalue weighted by atomic mass is 19.1. The van der Waals surface area contributed by atoms with E-state index in [2.05, 4.69) is 23.7 Å². The first-order valence-corrected chi connectivity index (χ1v) is 8.07. The molecule has 114 valence electrons. The first-order chi connectivity index (χ1) is 10.2. The van der Waals surface area contributed by atoms with Crippen molar-refractivity contribution in [2.75, 3.05) is 13.1 Å². The Labute approximate surface area is 125 Å². The van der Waals surface area contributed by atoms with Crippen molar-refractivity contribution >= 4 is 11.0 Å². The minimum absolute atomic E-state index is 0.0862. The molecule has 1 N–H and O–H groups in total. The van der Waals surface area contributed by atoms with Crippen LogP contribution in [0.4, 0.5) is 4.39 Å². The average Bonchev–Trinajstić information content (AvgIpc) is 2.87. The van der Waals surface area contributed by atoms with Gasteiger partial charge in [0.25, 0.3) is 0 Å². The lowest BCUT2D eigenvalue weighted by Gasteiger charge is -2.36. The van der Waals surface area contributed by atoms with Crippen LogP contribution in [0.25, 0.3) is 11.0 Å². The van der Waals surface area contributed by atoms with Gasteiger partial charge in [-0.2, -0.15) is 0 Å². The number of halogens is 1. The van der Waals surface area contributed by atoms with Crippen molar-refractivity contribution in [3.8, 4) is 0 Å². The number of nitrogens with zero attached hydrogens (tertiary/aromatic N) is 2. The van der Waals surface area contributed by atoms with Crippen LogP contribution in [0, 0.1) is 5.82 Å². The van der Waals surface area contributed by atoms with E-state index < -0.39 is 0 Å². The fourth-order valence-corrected chi connectivity index (χ4v) is 3.58. The standard InChI is InChI=1S/C17H24FN3/c1-3-10-21-15-7-6-13(18)11-14(15)20-16(21)17(4-2)8-5-9-19-12-17/h6-7,11,19H,3-5,8-10,12H2,1-2H3. The van der Waals surface area contributed by atoms with E-state index in [4.69, 9.17) is 4.98 Å². The van der Waals surface area contributed by atoms with Crippen molar-refractivity contribution in [1.82, 2.24) is 14.9 Å². The number of aryl methyl sites for hydroxylation is 1. The molecule has 3 nitrogen and oxygen atoms in total. The molecule has 1 aromatic heterocycles. The number of hydrogen-bond donors (Lipinski definition) is 1. The molecule has 1 atom stereocenters. The molecule has 1 saturated heterocycles. The lowest BCUT2D eigenvalue weighted by atomic mass is 9.77. The van der Waals surface area contributed by atoms with Gasteiger partial charge in [-0.25, -0.2) is 9.37 Å². The van der Waals surface area contributed by atoms with Gasteiger partial charge < -0.3 is 9.88 Å². The number of nitrogens with one attached hydrogen (secondary N) is 1. The second-order valence-electron chi connectivity index (χ2n) is 6.13. The molecule has 1 unspecified atom stereocenters. The first-order valence-electron chi connectivity index (χ1n) is 8.07. The molecule has 2 aromatic rings. The van der Waals surface area contributed by atoms with Crippen molar-refractivity contribution in [1.29, 1.82) is 0 Å². The largest absolute Gasteiger partial charge is 0.327 e. The summed E-state index contributed by atoms with van der Waals surface area (Å²) in [6.45, 7) is 7.42.